The summed E-state index contributed by atoms with van der Waals surface area (Å²) >= 11 is 0. The molecule has 0 saturated carbocycles. The molecule has 2 aromatic heterocycles. The second kappa shape index (κ2) is 7.98. The van der Waals surface area contributed by atoms with Gasteiger partial charge in [-0.3, -0.25) is 9.36 Å². The summed E-state index contributed by atoms with van der Waals surface area (Å²) < 4.78 is 12.3. The third-order valence-corrected chi connectivity index (χ3v) is 5.24. The molecule has 0 N–H and O–H groups in total. The average molecular weight is 373 g/mol. The number of hydrogen-bond donors (Lipinski definition) is 0. The molecule has 0 bridgehead atoms. The lowest BCUT2D eigenvalue weighted by Crippen LogP contribution is -2.45. The van der Waals surface area contributed by atoms with E-state index in [9.17, 15) is 9.59 Å². The SMILES string of the molecule is CC[C@@H]1CCCCN1C(=O)COC(=O)c1cc(C)n(-c2cc(C)on2)c1C. The van der Waals surface area contributed by atoms with Crippen LogP contribution in [-0.2, 0) is 9.53 Å². The van der Waals surface area contributed by atoms with Crippen molar-refractivity contribution < 1.29 is 18.8 Å². The largest absolute Gasteiger partial charge is 0.452 e. The van der Waals surface area contributed by atoms with Crippen molar-refractivity contribution in [3.63, 3.8) is 0 Å². The predicted molar refractivity (Wildman–Crippen MR) is 100.0 cm³/mol. The van der Waals surface area contributed by atoms with Gasteiger partial charge in [0, 0.05) is 30.0 Å². The summed E-state index contributed by atoms with van der Waals surface area (Å²) in [5, 5.41) is 4.01. The van der Waals surface area contributed by atoms with E-state index in [0.29, 0.717) is 22.8 Å². The van der Waals surface area contributed by atoms with Crippen LogP contribution in [-0.4, -0.2) is 45.7 Å². The third kappa shape index (κ3) is 3.91. The van der Waals surface area contributed by atoms with E-state index in [4.69, 9.17) is 9.26 Å². The zero-order valence-electron chi connectivity index (χ0n) is 16.4. The van der Waals surface area contributed by atoms with E-state index in [-0.39, 0.29) is 18.6 Å². The monoisotopic (exact) mass is 373 g/mol. The van der Waals surface area contributed by atoms with Crippen LogP contribution in [0, 0.1) is 20.8 Å². The molecular formula is C20H27N3O4. The Balaban J connectivity index is 1.69. The molecule has 0 spiro atoms. The lowest BCUT2D eigenvalue weighted by molar-refractivity contribution is -0.138. The van der Waals surface area contributed by atoms with Gasteiger partial charge in [-0.05, 0) is 52.5 Å². The van der Waals surface area contributed by atoms with Gasteiger partial charge in [-0.1, -0.05) is 12.1 Å². The summed E-state index contributed by atoms with van der Waals surface area (Å²) in [5.41, 5.74) is 2.00. The maximum absolute atomic E-state index is 12.6. The van der Waals surface area contributed by atoms with Crippen LogP contribution in [0.5, 0.6) is 0 Å². The summed E-state index contributed by atoms with van der Waals surface area (Å²) in [5.74, 6) is 0.708. The van der Waals surface area contributed by atoms with Gasteiger partial charge < -0.3 is 14.2 Å². The van der Waals surface area contributed by atoms with Crippen LogP contribution in [0.3, 0.4) is 0 Å². The smallest absolute Gasteiger partial charge is 0.340 e. The molecule has 1 amide bonds. The van der Waals surface area contributed by atoms with Crippen LogP contribution in [0.15, 0.2) is 16.7 Å². The third-order valence-electron chi connectivity index (χ3n) is 5.24. The van der Waals surface area contributed by atoms with E-state index in [2.05, 4.69) is 12.1 Å². The first kappa shape index (κ1) is 19.2. The van der Waals surface area contributed by atoms with Crippen LogP contribution in [0.4, 0.5) is 0 Å². The zero-order chi connectivity index (χ0) is 19.6. The molecule has 3 heterocycles. The molecule has 146 valence electrons. The number of aromatic nitrogens is 2. The van der Waals surface area contributed by atoms with Gasteiger partial charge in [-0.25, -0.2) is 4.79 Å². The number of ether oxygens (including phenoxy) is 1. The number of likely N-dealkylation sites (tertiary alicyclic amines) is 1. The molecule has 1 fully saturated rings. The van der Waals surface area contributed by atoms with Crippen LogP contribution < -0.4 is 0 Å². The minimum absolute atomic E-state index is 0.115. The van der Waals surface area contributed by atoms with E-state index in [1.165, 1.54) is 0 Å². The number of aryl methyl sites for hydroxylation is 2. The second-order valence-corrected chi connectivity index (χ2v) is 7.14. The average Bonchev–Trinajstić information content (AvgIpc) is 3.21. The predicted octanol–water partition coefficient (Wildman–Crippen LogP) is 3.34. The summed E-state index contributed by atoms with van der Waals surface area (Å²) in [7, 11) is 0. The first-order valence-electron chi connectivity index (χ1n) is 9.51. The first-order chi connectivity index (χ1) is 12.9. The van der Waals surface area contributed by atoms with E-state index >= 15 is 0 Å². The van der Waals surface area contributed by atoms with Gasteiger partial charge in [-0.15, -0.1) is 0 Å². The number of carbonyl (C=O) groups excluding carboxylic acids is 2. The molecular weight excluding hydrogens is 346 g/mol. The van der Waals surface area contributed by atoms with Crippen LogP contribution in [0.25, 0.3) is 5.82 Å². The van der Waals surface area contributed by atoms with Gasteiger partial charge in [0.2, 0.25) is 0 Å². The fourth-order valence-electron chi connectivity index (χ4n) is 3.82. The highest BCUT2D eigenvalue weighted by Gasteiger charge is 2.27. The zero-order valence-corrected chi connectivity index (χ0v) is 16.4. The first-order valence-corrected chi connectivity index (χ1v) is 9.51. The Kier molecular flexibility index (Phi) is 5.68. The van der Waals surface area contributed by atoms with Gasteiger partial charge in [0.25, 0.3) is 5.91 Å². The van der Waals surface area contributed by atoms with Crippen molar-refractivity contribution in [1.29, 1.82) is 0 Å². The molecule has 27 heavy (non-hydrogen) atoms. The summed E-state index contributed by atoms with van der Waals surface area (Å²) in [6, 6.07) is 3.81. The van der Waals surface area contributed by atoms with Gasteiger partial charge >= 0.3 is 5.97 Å². The molecule has 1 aliphatic heterocycles. The highest BCUT2D eigenvalue weighted by molar-refractivity contribution is 5.93. The minimum Gasteiger partial charge on any atom is -0.452 e. The molecule has 2 aromatic rings. The topological polar surface area (TPSA) is 77.6 Å². The Hall–Kier alpha value is -2.57. The number of carbonyl (C=O) groups is 2. The van der Waals surface area contributed by atoms with Crippen molar-refractivity contribution in [2.75, 3.05) is 13.2 Å². The van der Waals surface area contributed by atoms with Gasteiger partial charge in [0.15, 0.2) is 12.4 Å². The van der Waals surface area contributed by atoms with E-state index in [0.717, 1.165) is 37.9 Å². The number of piperidine rings is 1. The minimum atomic E-state index is -0.493. The maximum Gasteiger partial charge on any atom is 0.340 e. The van der Waals surface area contributed by atoms with Crippen LogP contribution in [0.1, 0.15) is 60.1 Å². The van der Waals surface area contributed by atoms with Crippen molar-refractivity contribution in [2.45, 2.75) is 59.4 Å². The molecule has 1 atom stereocenters. The van der Waals surface area contributed by atoms with E-state index < -0.39 is 5.97 Å². The Morgan fingerprint density at radius 3 is 2.70 bits per heavy atom. The quantitative estimate of drug-likeness (QED) is 0.751. The number of rotatable bonds is 5. The van der Waals surface area contributed by atoms with Crippen molar-refractivity contribution in [1.82, 2.24) is 14.6 Å². The molecule has 0 aliphatic carbocycles. The fraction of sp³-hybridized carbons (Fsp3) is 0.550. The van der Waals surface area contributed by atoms with Gasteiger partial charge in [0.1, 0.15) is 5.76 Å². The highest BCUT2D eigenvalue weighted by Crippen LogP contribution is 2.22. The van der Waals surface area contributed by atoms with Crippen molar-refractivity contribution in [3.05, 3.63) is 34.8 Å². The molecule has 3 rings (SSSR count). The molecule has 1 aliphatic rings. The lowest BCUT2D eigenvalue weighted by Gasteiger charge is -2.35. The number of esters is 1. The Labute approximate surface area is 159 Å². The standard InChI is InChI=1S/C20H27N3O4/c1-5-16-8-6-7-9-22(16)19(24)12-26-20(25)17-10-13(2)23(15(17)4)18-11-14(3)27-21-18/h10-11,16H,5-9,12H2,1-4H3/t16-/m1/s1. The highest BCUT2D eigenvalue weighted by atomic mass is 16.5. The van der Waals surface area contributed by atoms with Gasteiger partial charge in [-0.2, -0.15) is 0 Å². The Morgan fingerprint density at radius 1 is 1.26 bits per heavy atom. The normalized spacial score (nSPS) is 17.2. The lowest BCUT2D eigenvalue weighted by atomic mass is 10.00. The molecule has 7 nitrogen and oxygen atoms in total. The summed E-state index contributed by atoms with van der Waals surface area (Å²) in [6.45, 7) is 8.14. The molecule has 7 heteroatoms. The Morgan fingerprint density at radius 2 is 2.04 bits per heavy atom. The Bertz CT molecular complexity index is 836. The molecule has 0 unspecified atom stereocenters. The molecule has 0 aromatic carbocycles. The van der Waals surface area contributed by atoms with Crippen molar-refractivity contribution in [2.24, 2.45) is 0 Å². The van der Waals surface area contributed by atoms with Crippen molar-refractivity contribution >= 4 is 11.9 Å². The molecule has 1 saturated heterocycles. The maximum atomic E-state index is 12.6. The van der Waals surface area contributed by atoms with Crippen molar-refractivity contribution in [3.8, 4) is 5.82 Å². The van der Waals surface area contributed by atoms with Gasteiger partial charge in [0.05, 0.1) is 5.56 Å². The van der Waals surface area contributed by atoms with Crippen LogP contribution in [0.2, 0.25) is 0 Å². The molecule has 0 radical (unpaired) electrons. The number of amides is 1. The second-order valence-electron chi connectivity index (χ2n) is 7.14. The summed E-state index contributed by atoms with van der Waals surface area (Å²) in [6.07, 6.45) is 4.11. The summed E-state index contributed by atoms with van der Waals surface area (Å²) in [4.78, 5) is 26.9. The van der Waals surface area contributed by atoms with Crippen LogP contribution >= 0.6 is 0 Å². The van der Waals surface area contributed by atoms with E-state index in [1.54, 1.807) is 12.1 Å². The fourth-order valence-corrected chi connectivity index (χ4v) is 3.82. The number of hydrogen-bond acceptors (Lipinski definition) is 5. The number of nitrogens with zero attached hydrogens (tertiary/aromatic N) is 3. The van der Waals surface area contributed by atoms with E-state index in [1.807, 2.05) is 30.2 Å².